The molecule has 0 spiro atoms. The van der Waals surface area contributed by atoms with Gasteiger partial charge >= 0.3 is 6.03 Å². The zero-order valence-electron chi connectivity index (χ0n) is 14.2. The Morgan fingerprint density at radius 3 is 2.08 bits per heavy atom. The maximum atomic E-state index is 11.9. The summed E-state index contributed by atoms with van der Waals surface area (Å²) in [6.07, 6.45) is 0. The molecule has 0 aliphatic rings. The number of nitrogens with one attached hydrogen (secondary N) is 4. The fourth-order valence-electron chi connectivity index (χ4n) is 1.93. The number of urea groups is 1. The van der Waals surface area contributed by atoms with Crippen molar-refractivity contribution >= 4 is 29.2 Å². The highest BCUT2D eigenvalue weighted by Gasteiger charge is 2.07. The lowest BCUT2D eigenvalue weighted by Crippen LogP contribution is -2.35. The van der Waals surface area contributed by atoms with Crippen LogP contribution in [0.3, 0.4) is 0 Å². The first-order valence-corrected chi connectivity index (χ1v) is 7.90. The van der Waals surface area contributed by atoms with Crippen molar-refractivity contribution < 1.29 is 19.1 Å². The van der Waals surface area contributed by atoms with Gasteiger partial charge in [-0.05, 0) is 36.4 Å². The van der Waals surface area contributed by atoms with E-state index < -0.39 is 5.91 Å². The molecular weight excluding hydrogens is 336 g/mol. The molecule has 0 fully saturated rings. The van der Waals surface area contributed by atoms with Crippen LogP contribution in [0.4, 0.5) is 16.2 Å². The Bertz CT molecular complexity index is 748. The maximum Gasteiger partial charge on any atom is 0.318 e. The van der Waals surface area contributed by atoms with E-state index in [2.05, 4.69) is 21.3 Å². The Labute approximate surface area is 150 Å². The molecule has 0 unspecified atom stereocenters. The summed E-state index contributed by atoms with van der Waals surface area (Å²) in [5.41, 5.74) is 1.14. The number of rotatable bonds is 7. The Morgan fingerprint density at radius 2 is 1.46 bits per heavy atom. The summed E-state index contributed by atoms with van der Waals surface area (Å²) in [4.78, 5) is 34.7. The first kappa shape index (κ1) is 18.8. The molecule has 2 aromatic rings. The van der Waals surface area contributed by atoms with Crippen LogP contribution in [0.1, 0.15) is 0 Å². The van der Waals surface area contributed by atoms with Gasteiger partial charge in [-0.1, -0.05) is 18.2 Å². The third-order valence-electron chi connectivity index (χ3n) is 3.21. The van der Waals surface area contributed by atoms with Crippen molar-refractivity contribution in [3.05, 3.63) is 54.6 Å². The first-order chi connectivity index (χ1) is 12.6. The number of anilines is 2. The minimum Gasteiger partial charge on any atom is -0.484 e. The second-order valence-corrected chi connectivity index (χ2v) is 5.21. The SMILES string of the molecule is CNC(=O)Nc1ccc(NC(=O)CNC(=O)COc2ccccc2)cc1. The highest BCUT2D eigenvalue weighted by Crippen LogP contribution is 2.13. The van der Waals surface area contributed by atoms with E-state index in [9.17, 15) is 14.4 Å². The lowest BCUT2D eigenvalue weighted by atomic mass is 10.3. The van der Waals surface area contributed by atoms with Crippen molar-refractivity contribution in [1.29, 1.82) is 0 Å². The number of hydrogen-bond acceptors (Lipinski definition) is 4. The van der Waals surface area contributed by atoms with Crippen LogP contribution in [0.15, 0.2) is 54.6 Å². The number of ether oxygens (including phenoxy) is 1. The molecule has 2 rings (SSSR count). The van der Waals surface area contributed by atoms with Gasteiger partial charge in [-0.15, -0.1) is 0 Å². The van der Waals surface area contributed by atoms with E-state index in [0.29, 0.717) is 17.1 Å². The maximum absolute atomic E-state index is 11.9. The minimum atomic E-state index is -0.394. The fourth-order valence-corrected chi connectivity index (χ4v) is 1.93. The number of para-hydroxylation sites is 1. The predicted molar refractivity (Wildman–Crippen MR) is 98.1 cm³/mol. The molecule has 8 nitrogen and oxygen atoms in total. The highest BCUT2D eigenvalue weighted by atomic mass is 16.5. The van der Waals surface area contributed by atoms with Crippen LogP contribution < -0.4 is 26.0 Å². The monoisotopic (exact) mass is 356 g/mol. The van der Waals surface area contributed by atoms with Gasteiger partial charge in [0.2, 0.25) is 5.91 Å². The quantitative estimate of drug-likeness (QED) is 0.604. The first-order valence-electron chi connectivity index (χ1n) is 7.90. The number of carbonyl (C=O) groups is 3. The van der Waals surface area contributed by atoms with E-state index in [0.717, 1.165) is 0 Å². The van der Waals surface area contributed by atoms with Crippen LogP contribution in [0, 0.1) is 0 Å². The van der Waals surface area contributed by atoms with E-state index in [1.807, 2.05) is 6.07 Å². The molecule has 26 heavy (non-hydrogen) atoms. The summed E-state index contributed by atoms with van der Waals surface area (Å²) in [6, 6.07) is 15.2. The average molecular weight is 356 g/mol. The molecule has 0 aliphatic carbocycles. The number of carbonyl (C=O) groups excluding carboxylic acids is 3. The predicted octanol–water partition coefficient (Wildman–Crippen LogP) is 1.57. The van der Waals surface area contributed by atoms with Gasteiger partial charge in [0.25, 0.3) is 5.91 Å². The van der Waals surface area contributed by atoms with Crippen LogP contribution in [-0.4, -0.2) is 38.0 Å². The van der Waals surface area contributed by atoms with E-state index in [1.54, 1.807) is 48.5 Å². The highest BCUT2D eigenvalue weighted by molar-refractivity contribution is 5.95. The Balaban J connectivity index is 1.71. The summed E-state index contributed by atoms with van der Waals surface area (Å²) in [5, 5.41) is 10.2. The van der Waals surface area contributed by atoms with Crippen LogP contribution in [0.5, 0.6) is 5.75 Å². The van der Waals surface area contributed by atoms with Crippen molar-refractivity contribution in [2.75, 3.05) is 30.8 Å². The molecule has 0 bridgehead atoms. The molecule has 0 aliphatic heterocycles. The fraction of sp³-hybridized carbons (Fsp3) is 0.167. The molecule has 0 saturated heterocycles. The smallest absolute Gasteiger partial charge is 0.318 e. The van der Waals surface area contributed by atoms with Crippen LogP contribution in [0.25, 0.3) is 0 Å². The molecule has 8 heteroatoms. The Kier molecular flexibility index (Phi) is 6.99. The normalized spacial score (nSPS) is 9.73. The molecule has 4 amide bonds. The van der Waals surface area contributed by atoms with Gasteiger partial charge in [0, 0.05) is 18.4 Å². The van der Waals surface area contributed by atoms with Crippen molar-refractivity contribution in [2.24, 2.45) is 0 Å². The van der Waals surface area contributed by atoms with Crippen molar-refractivity contribution in [3.8, 4) is 5.75 Å². The lowest BCUT2D eigenvalue weighted by Gasteiger charge is -2.09. The average Bonchev–Trinajstić information content (AvgIpc) is 2.67. The zero-order valence-corrected chi connectivity index (χ0v) is 14.2. The van der Waals surface area contributed by atoms with Crippen LogP contribution >= 0.6 is 0 Å². The van der Waals surface area contributed by atoms with Gasteiger partial charge in [0.05, 0.1) is 6.54 Å². The second-order valence-electron chi connectivity index (χ2n) is 5.21. The molecule has 0 saturated carbocycles. The molecule has 0 atom stereocenters. The Hall–Kier alpha value is -3.55. The number of amides is 4. The second kappa shape index (κ2) is 9.67. The summed E-state index contributed by atoms with van der Waals surface area (Å²) in [5.74, 6) is -0.184. The van der Waals surface area contributed by atoms with E-state index >= 15 is 0 Å². The summed E-state index contributed by atoms with van der Waals surface area (Å²) >= 11 is 0. The molecule has 2 aromatic carbocycles. The van der Waals surface area contributed by atoms with Gasteiger partial charge in [-0.2, -0.15) is 0 Å². The number of benzene rings is 2. The van der Waals surface area contributed by atoms with E-state index in [1.165, 1.54) is 7.05 Å². The van der Waals surface area contributed by atoms with Gasteiger partial charge in [-0.3, -0.25) is 9.59 Å². The van der Waals surface area contributed by atoms with Crippen LogP contribution in [-0.2, 0) is 9.59 Å². The zero-order chi connectivity index (χ0) is 18.8. The molecule has 0 radical (unpaired) electrons. The molecular formula is C18H20N4O4. The van der Waals surface area contributed by atoms with Gasteiger partial charge in [0.1, 0.15) is 5.75 Å². The van der Waals surface area contributed by atoms with E-state index in [-0.39, 0.29) is 25.1 Å². The Morgan fingerprint density at radius 1 is 0.846 bits per heavy atom. The minimum absolute atomic E-state index is 0.169. The van der Waals surface area contributed by atoms with Crippen molar-refractivity contribution in [1.82, 2.24) is 10.6 Å². The largest absolute Gasteiger partial charge is 0.484 e. The lowest BCUT2D eigenvalue weighted by molar-refractivity contribution is -0.125. The van der Waals surface area contributed by atoms with Gasteiger partial charge in [-0.25, -0.2) is 4.79 Å². The van der Waals surface area contributed by atoms with Crippen LogP contribution in [0.2, 0.25) is 0 Å². The summed E-state index contributed by atoms with van der Waals surface area (Å²) < 4.78 is 5.29. The third-order valence-corrected chi connectivity index (χ3v) is 3.21. The standard InChI is InChI=1S/C18H20N4O4/c1-19-18(25)22-14-9-7-13(8-10-14)21-16(23)11-20-17(24)12-26-15-5-3-2-4-6-15/h2-10H,11-12H2,1H3,(H,20,24)(H,21,23)(H2,19,22,25). The van der Waals surface area contributed by atoms with Gasteiger partial charge < -0.3 is 26.0 Å². The third kappa shape index (κ3) is 6.52. The molecule has 4 N–H and O–H groups in total. The topological polar surface area (TPSA) is 109 Å². The van der Waals surface area contributed by atoms with Crippen molar-refractivity contribution in [3.63, 3.8) is 0 Å². The molecule has 0 heterocycles. The molecule has 136 valence electrons. The summed E-state index contributed by atoms with van der Waals surface area (Å²) in [7, 11) is 1.52. The number of hydrogen-bond donors (Lipinski definition) is 4. The van der Waals surface area contributed by atoms with E-state index in [4.69, 9.17) is 4.74 Å². The molecule has 0 aromatic heterocycles. The van der Waals surface area contributed by atoms with Crippen molar-refractivity contribution in [2.45, 2.75) is 0 Å². The van der Waals surface area contributed by atoms with Gasteiger partial charge in [0.15, 0.2) is 6.61 Å². The summed E-state index contributed by atoms with van der Waals surface area (Å²) in [6.45, 7) is -0.341.